The van der Waals surface area contributed by atoms with Gasteiger partial charge in [-0.1, -0.05) is 50.6 Å². The third-order valence-electron chi connectivity index (χ3n) is 2.36. The molecule has 1 rings (SSSR count). The van der Waals surface area contributed by atoms with Crippen molar-refractivity contribution >= 4 is 11.6 Å². The molecule has 0 N–H and O–H groups in total. The van der Waals surface area contributed by atoms with Crippen molar-refractivity contribution in [2.75, 3.05) is 6.61 Å². The van der Waals surface area contributed by atoms with Gasteiger partial charge in [-0.15, -0.1) is 0 Å². The fourth-order valence-electron chi connectivity index (χ4n) is 1.46. The largest absolute Gasteiger partial charge is 0.478 e. The second-order valence-electron chi connectivity index (χ2n) is 3.80. The van der Waals surface area contributed by atoms with E-state index in [1.807, 2.05) is 0 Å². The Morgan fingerprint density at radius 3 is 2.62 bits per heavy atom. The van der Waals surface area contributed by atoms with E-state index in [9.17, 15) is 0 Å². The third-order valence-corrected chi connectivity index (χ3v) is 2.56. The predicted molar refractivity (Wildman–Crippen MR) is 65.9 cm³/mol. The minimum atomic E-state index is 0.424. The van der Waals surface area contributed by atoms with Gasteiger partial charge < -0.3 is 4.74 Å². The summed E-state index contributed by atoms with van der Waals surface area (Å²) in [6.07, 6.45) is 8.96. The smallest absolute Gasteiger partial charge is 0.217 e. The molecule has 1 aromatic heterocycles. The van der Waals surface area contributed by atoms with Crippen LogP contribution in [0.25, 0.3) is 0 Å². The molecule has 0 unspecified atom stereocenters. The van der Waals surface area contributed by atoms with Crippen molar-refractivity contribution in [3.63, 3.8) is 0 Å². The summed E-state index contributed by atoms with van der Waals surface area (Å²) in [4.78, 5) is 7.76. The average molecular weight is 243 g/mol. The highest BCUT2D eigenvalue weighted by Crippen LogP contribution is 2.11. The molecule has 0 radical (unpaired) electrons. The van der Waals surface area contributed by atoms with E-state index in [2.05, 4.69) is 16.9 Å². The maximum Gasteiger partial charge on any atom is 0.217 e. The fraction of sp³-hybridized carbons (Fsp3) is 0.667. The lowest BCUT2D eigenvalue weighted by atomic mass is 10.1. The van der Waals surface area contributed by atoms with Crippen molar-refractivity contribution in [3.05, 3.63) is 17.5 Å². The molecule has 0 aliphatic carbocycles. The zero-order valence-electron chi connectivity index (χ0n) is 9.79. The number of halogens is 1. The first-order chi connectivity index (χ1) is 7.83. The Bertz CT molecular complexity index is 294. The number of hydrogen-bond donors (Lipinski definition) is 0. The van der Waals surface area contributed by atoms with Crippen LogP contribution in [-0.4, -0.2) is 16.6 Å². The van der Waals surface area contributed by atoms with Crippen molar-refractivity contribution in [1.29, 1.82) is 0 Å². The number of nitrogens with zero attached hydrogens (tertiary/aromatic N) is 2. The van der Waals surface area contributed by atoms with Crippen LogP contribution in [0, 0.1) is 0 Å². The molecule has 16 heavy (non-hydrogen) atoms. The summed E-state index contributed by atoms with van der Waals surface area (Å²) in [5, 5.41) is 0.424. The summed E-state index contributed by atoms with van der Waals surface area (Å²) < 4.78 is 5.46. The first-order valence-corrected chi connectivity index (χ1v) is 6.31. The second kappa shape index (κ2) is 8.34. The molecular formula is C12H19ClN2O. The van der Waals surface area contributed by atoms with Crippen molar-refractivity contribution < 1.29 is 4.74 Å². The lowest BCUT2D eigenvalue weighted by Gasteiger charge is -2.04. The van der Waals surface area contributed by atoms with Gasteiger partial charge >= 0.3 is 0 Å². The quantitative estimate of drug-likeness (QED) is 0.513. The summed E-state index contributed by atoms with van der Waals surface area (Å²) in [5.41, 5.74) is 0. The van der Waals surface area contributed by atoms with E-state index in [-0.39, 0.29) is 0 Å². The third kappa shape index (κ3) is 5.91. The molecule has 0 amide bonds. The molecule has 3 nitrogen and oxygen atoms in total. The molecule has 0 bridgehead atoms. The summed E-state index contributed by atoms with van der Waals surface area (Å²) in [7, 11) is 0. The SMILES string of the molecule is CCCCCCCCOc1cc(Cl)ncn1. The summed E-state index contributed by atoms with van der Waals surface area (Å²) >= 11 is 5.71. The van der Waals surface area contributed by atoms with Gasteiger partial charge in [-0.2, -0.15) is 0 Å². The van der Waals surface area contributed by atoms with Crippen LogP contribution in [0.4, 0.5) is 0 Å². The van der Waals surface area contributed by atoms with E-state index in [0.29, 0.717) is 17.6 Å². The summed E-state index contributed by atoms with van der Waals surface area (Å²) in [6.45, 7) is 2.93. The highest BCUT2D eigenvalue weighted by atomic mass is 35.5. The van der Waals surface area contributed by atoms with Gasteiger partial charge in [0, 0.05) is 6.07 Å². The molecule has 0 spiro atoms. The molecule has 0 aliphatic rings. The second-order valence-corrected chi connectivity index (χ2v) is 4.18. The standard InChI is InChI=1S/C12H19ClN2O/c1-2-3-4-5-6-7-8-16-12-9-11(13)14-10-15-12/h9-10H,2-8H2,1H3. The van der Waals surface area contributed by atoms with E-state index < -0.39 is 0 Å². The Balaban J connectivity index is 2.03. The van der Waals surface area contributed by atoms with Crippen LogP contribution in [-0.2, 0) is 0 Å². The van der Waals surface area contributed by atoms with Gasteiger partial charge in [-0.25, -0.2) is 9.97 Å². The highest BCUT2D eigenvalue weighted by Gasteiger charge is 1.97. The minimum absolute atomic E-state index is 0.424. The normalized spacial score (nSPS) is 10.4. The molecule has 1 heterocycles. The Kier molecular flexibility index (Phi) is 6.90. The van der Waals surface area contributed by atoms with E-state index in [4.69, 9.17) is 16.3 Å². The van der Waals surface area contributed by atoms with Crippen LogP contribution in [0.5, 0.6) is 5.88 Å². The van der Waals surface area contributed by atoms with Crippen molar-refractivity contribution in [2.45, 2.75) is 45.4 Å². The Hall–Kier alpha value is -0.830. The van der Waals surface area contributed by atoms with Gasteiger partial charge in [-0.05, 0) is 6.42 Å². The Morgan fingerprint density at radius 1 is 1.12 bits per heavy atom. The fourth-order valence-corrected chi connectivity index (χ4v) is 1.59. The first kappa shape index (κ1) is 13.2. The number of unbranched alkanes of at least 4 members (excludes halogenated alkanes) is 5. The molecule has 0 saturated heterocycles. The molecule has 4 heteroatoms. The van der Waals surface area contributed by atoms with Gasteiger partial charge in [0.1, 0.15) is 11.5 Å². The molecule has 0 fully saturated rings. The predicted octanol–water partition coefficient (Wildman–Crippen LogP) is 3.87. The van der Waals surface area contributed by atoms with Crippen molar-refractivity contribution in [3.8, 4) is 5.88 Å². The van der Waals surface area contributed by atoms with Crippen LogP contribution >= 0.6 is 11.6 Å². The Morgan fingerprint density at radius 2 is 1.88 bits per heavy atom. The number of hydrogen-bond acceptors (Lipinski definition) is 3. The summed E-state index contributed by atoms with van der Waals surface area (Å²) in [5.74, 6) is 0.563. The van der Waals surface area contributed by atoms with E-state index in [1.54, 1.807) is 6.07 Å². The zero-order valence-corrected chi connectivity index (χ0v) is 10.5. The van der Waals surface area contributed by atoms with Gasteiger partial charge in [0.25, 0.3) is 0 Å². The maximum absolute atomic E-state index is 5.71. The van der Waals surface area contributed by atoms with Crippen LogP contribution in [0.3, 0.4) is 0 Å². The molecule has 1 aromatic rings. The van der Waals surface area contributed by atoms with Crippen molar-refractivity contribution in [1.82, 2.24) is 9.97 Å². The number of aromatic nitrogens is 2. The molecule has 0 atom stereocenters. The molecule has 0 aromatic carbocycles. The van der Waals surface area contributed by atoms with E-state index >= 15 is 0 Å². The van der Waals surface area contributed by atoms with Gasteiger partial charge in [0.05, 0.1) is 6.61 Å². The van der Waals surface area contributed by atoms with Gasteiger partial charge in [0.15, 0.2) is 0 Å². The molecule has 90 valence electrons. The topological polar surface area (TPSA) is 35.0 Å². The minimum Gasteiger partial charge on any atom is -0.478 e. The summed E-state index contributed by atoms with van der Waals surface area (Å²) in [6, 6.07) is 1.64. The monoisotopic (exact) mass is 242 g/mol. The van der Waals surface area contributed by atoms with Crippen LogP contribution in [0.2, 0.25) is 5.15 Å². The number of ether oxygens (including phenoxy) is 1. The molecular weight excluding hydrogens is 224 g/mol. The molecule has 0 aliphatic heterocycles. The lowest BCUT2D eigenvalue weighted by molar-refractivity contribution is 0.292. The van der Waals surface area contributed by atoms with Crippen LogP contribution in [0.1, 0.15) is 45.4 Å². The Labute approximate surface area is 102 Å². The lowest BCUT2D eigenvalue weighted by Crippen LogP contribution is -1.99. The average Bonchev–Trinajstić information content (AvgIpc) is 2.28. The van der Waals surface area contributed by atoms with Gasteiger partial charge in [-0.3, -0.25) is 0 Å². The van der Waals surface area contributed by atoms with Crippen molar-refractivity contribution in [2.24, 2.45) is 0 Å². The maximum atomic E-state index is 5.71. The number of rotatable bonds is 8. The zero-order chi connectivity index (χ0) is 11.6. The van der Waals surface area contributed by atoms with Crippen LogP contribution < -0.4 is 4.74 Å². The van der Waals surface area contributed by atoms with Crippen LogP contribution in [0.15, 0.2) is 12.4 Å². The van der Waals surface area contributed by atoms with E-state index in [1.165, 1.54) is 38.4 Å². The van der Waals surface area contributed by atoms with E-state index in [0.717, 1.165) is 6.42 Å². The highest BCUT2D eigenvalue weighted by molar-refractivity contribution is 6.29. The first-order valence-electron chi connectivity index (χ1n) is 5.93. The molecule has 0 saturated carbocycles. The van der Waals surface area contributed by atoms with Gasteiger partial charge in [0.2, 0.25) is 5.88 Å².